The van der Waals surface area contributed by atoms with Crippen molar-refractivity contribution < 1.29 is 9.47 Å². The molecule has 0 unspecified atom stereocenters. The van der Waals surface area contributed by atoms with E-state index in [0.717, 1.165) is 22.0 Å². The van der Waals surface area contributed by atoms with E-state index in [1.54, 1.807) is 26.0 Å². The minimum Gasteiger partial charge on any atom is -0.496 e. The van der Waals surface area contributed by atoms with E-state index in [1.165, 1.54) is 0 Å². The molecular weight excluding hydrogens is 222 g/mol. The number of methoxy groups -OCH3 is 2. The number of aryl methyl sites for hydroxylation is 1. The van der Waals surface area contributed by atoms with Crippen molar-refractivity contribution >= 4 is 11.8 Å². The molecule has 0 spiro atoms. The van der Waals surface area contributed by atoms with Crippen LogP contribution < -0.4 is 9.47 Å². The summed E-state index contributed by atoms with van der Waals surface area (Å²) in [5.74, 6) is 1.65. The number of hydrogen-bond donors (Lipinski definition) is 0. The third-order valence-corrected chi connectivity index (χ3v) is 3.05. The van der Waals surface area contributed by atoms with Gasteiger partial charge in [0.2, 0.25) is 0 Å². The topological polar surface area (TPSA) is 42.2 Å². The summed E-state index contributed by atoms with van der Waals surface area (Å²) in [6.45, 7) is 0. The van der Waals surface area contributed by atoms with E-state index in [0.29, 0.717) is 12.8 Å². The molecule has 1 aromatic carbocycles. The van der Waals surface area contributed by atoms with Gasteiger partial charge in [-0.3, -0.25) is 0 Å². The molecule has 0 aliphatic rings. The second-order valence-corrected chi connectivity index (χ2v) is 4.03. The zero-order chi connectivity index (χ0) is 12.0. The standard InChI is InChI=1S/C12H15NO2S/c1-14-10-8-12(16-3)11(15-2)7-9(10)5-4-6-13/h7-8H,4-5H2,1-3H3. The zero-order valence-corrected chi connectivity index (χ0v) is 10.6. The lowest BCUT2D eigenvalue weighted by atomic mass is 10.1. The minimum atomic E-state index is 0.484. The molecule has 3 nitrogen and oxygen atoms in total. The molecule has 0 aliphatic heterocycles. The van der Waals surface area contributed by atoms with Crippen molar-refractivity contribution in [1.29, 1.82) is 5.26 Å². The fourth-order valence-electron chi connectivity index (χ4n) is 1.48. The van der Waals surface area contributed by atoms with Gasteiger partial charge in [-0.2, -0.15) is 5.26 Å². The van der Waals surface area contributed by atoms with Crippen LogP contribution in [-0.2, 0) is 6.42 Å². The molecule has 4 heteroatoms. The fourth-order valence-corrected chi connectivity index (χ4v) is 2.05. The van der Waals surface area contributed by atoms with Gasteiger partial charge in [0.25, 0.3) is 0 Å². The van der Waals surface area contributed by atoms with Crippen molar-refractivity contribution in [3.63, 3.8) is 0 Å². The second kappa shape index (κ2) is 6.29. The first kappa shape index (κ1) is 12.7. The Labute approximate surface area is 100 Å². The molecule has 0 aromatic heterocycles. The number of rotatable bonds is 5. The summed E-state index contributed by atoms with van der Waals surface area (Å²) in [4.78, 5) is 1.04. The predicted molar refractivity (Wildman–Crippen MR) is 65.3 cm³/mol. The van der Waals surface area contributed by atoms with E-state index >= 15 is 0 Å². The molecule has 1 aromatic rings. The normalized spacial score (nSPS) is 9.62. The van der Waals surface area contributed by atoms with E-state index < -0.39 is 0 Å². The Hall–Kier alpha value is -1.34. The van der Waals surface area contributed by atoms with Gasteiger partial charge in [0.15, 0.2) is 0 Å². The number of hydrogen-bond acceptors (Lipinski definition) is 4. The number of benzene rings is 1. The van der Waals surface area contributed by atoms with Gasteiger partial charge in [0.05, 0.1) is 25.2 Å². The average Bonchev–Trinajstić information content (AvgIpc) is 2.35. The van der Waals surface area contributed by atoms with Crippen LogP contribution in [-0.4, -0.2) is 20.5 Å². The Morgan fingerprint density at radius 3 is 2.44 bits per heavy atom. The van der Waals surface area contributed by atoms with Crippen LogP contribution in [0.1, 0.15) is 12.0 Å². The summed E-state index contributed by atoms with van der Waals surface area (Å²) < 4.78 is 10.6. The van der Waals surface area contributed by atoms with Gasteiger partial charge < -0.3 is 9.47 Å². The third kappa shape index (κ3) is 2.83. The maximum atomic E-state index is 8.59. The first-order valence-corrected chi connectivity index (χ1v) is 6.15. The molecule has 1 rings (SSSR count). The second-order valence-electron chi connectivity index (χ2n) is 3.18. The summed E-state index contributed by atoms with van der Waals surface area (Å²) >= 11 is 1.61. The monoisotopic (exact) mass is 237 g/mol. The highest BCUT2D eigenvalue weighted by Crippen LogP contribution is 2.34. The summed E-state index contributed by atoms with van der Waals surface area (Å²) in [5.41, 5.74) is 1.01. The molecule has 0 atom stereocenters. The van der Waals surface area contributed by atoms with Gasteiger partial charge in [-0.1, -0.05) is 0 Å². The molecule has 0 heterocycles. The lowest BCUT2D eigenvalue weighted by Gasteiger charge is -2.12. The Kier molecular flexibility index (Phi) is 5.00. The van der Waals surface area contributed by atoms with Crippen LogP contribution in [0, 0.1) is 11.3 Å². The molecule has 86 valence electrons. The average molecular weight is 237 g/mol. The smallest absolute Gasteiger partial charge is 0.132 e. The Bertz CT molecular complexity index is 399. The quantitative estimate of drug-likeness (QED) is 0.738. The predicted octanol–water partition coefficient (Wildman–Crippen LogP) is 2.88. The van der Waals surface area contributed by atoms with Gasteiger partial charge >= 0.3 is 0 Å². The van der Waals surface area contributed by atoms with Crippen molar-refractivity contribution in [2.45, 2.75) is 17.7 Å². The van der Waals surface area contributed by atoms with Crippen LogP contribution in [0.15, 0.2) is 17.0 Å². The van der Waals surface area contributed by atoms with Gasteiger partial charge in [-0.15, -0.1) is 11.8 Å². The van der Waals surface area contributed by atoms with Gasteiger partial charge in [-0.25, -0.2) is 0 Å². The van der Waals surface area contributed by atoms with Crippen LogP contribution in [0.4, 0.5) is 0 Å². The Morgan fingerprint density at radius 1 is 1.25 bits per heavy atom. The fraction of sp³-hybridized carbons (Fsp3) is 0.417. The van der Waals surface area contributed by atoms with E-state index in [2.05, 4.69) is 6.07 Å². The third-order valence-electron chi connectivity index (χ3n) is 2.29. The SMILES string of the molecule is COc1cc(SC)c(OC)cc1CCC#N. The number of nitrogens with zero attached hydrogens (tertiary/aromatic N) is 1. The van der Waals surface area contributed by atoms with Gasteiger partial charge in [0.1, 0.15) is 11.5 Å². The Morgan fingerprint density at radius 2 is 1.94 bits per heavy atom. The highest BCUT2D eigenvalue weighted by Gasteiger charge is 2.10. The number of ether oxygens (including phenoxy) is 2. The van der Waals surface area contributed by atoms with E-state index in [4.69, 9.17) is 14.7 Å². The van der Waals surface area contributed by atoms with Crippen LogP contribution in [0.2, 0.25) is 0 Å². The van der Waals surface area contributed by atoms with Crippen molar-refractivity contribution in [2.24, 2.45) is 0 Å². The molecule has 0 aliphatic carbocycles. The van der Waals surface area contributed by atoms with E-state index in [9.17, 15) is 0 Å². The first-order valence-electron chi connectivity index (χ1n) is 4.92. The molecule has 0 radical (unpaired) electrons. The zero-order valence-electron chi connectivity index (χ0n) is 9.74. The molecule has 16 heavy (non-hydrogen) atoms. The minimum absolute atomic E-state index is 0.484. The maximum Gasteiger partial charge on any atom is 0.132 e. The largest absolute Gasteiger partial charge is 0.496 e. The summed E-state index contributed by atoms with van der Waals surface area (Å²) in [6, 6.07) is 6.03. The van der Waals surface area contributed by atoms with Crippen molar-refractivity contribution in [2.75, 3.05) is 20.5 Å². The molecule has 0 bridgehead atoms. The van der Waals surface area contributed by atoms with Crippen LogP contribution in [0.3, 0.4) is 0 Å². The lowest BCUT2D eigenvalue weighted by Crippen LogP contribution is -1.95. The highest BCUT2D eigenvalue weighted by molar-refractivity contribution is 7.98. The van der Waals surface area contributed by atoms with Crippen LogP contribution in [0.25, 0.3) is 0 Å². The van der Waals surface area contributed by atoms with Crippen molar-refractivity contribution in [1.82, 2.24) is 0 Å². The van der Waals surface area contributed by atoms with Crippen molar-refractivity contribution in [3.05, 3.63) is 17.7 Å². The number of thioether (sulfide) groups is 1. The van der Waals surface area contributed by atoms with E-state index in [-0.39, 0.29) is 0 Å². The van der Waals surface area contributed by atoms with Gasteiger partial charge in [0, 0.05) is 6.42 Å². The maximum absolute atomic E-state index is 8.59. The summed E-state index contributed by atoms with van der Waals surface area (Å²) in [7, 11) is 3.29. The molecule has 0 saturated carbocycles. The Balaban J connectivity index is 3.11. The van der Waals surface area contributed by atoms with Crippen LogP contribution >= 0.6 is 11.8 Å². The molecule has 0 fully saturated rings. The van der Waals surface area contributed by atoms with E-state index in [1.807, 2.05) is 18.4 Å². The first-order chi connectivity index (χ1) is 7.76. The molecular formula is C12H15NO2S. The van der Waals surface area contributed by atoms with Crippen LogP contribution in [0.5, 0.6) is 11.5 Å². The molecule has 0 N–H and O–H groups in total. The summed E-state index contributed by atoms with van der Waals surface area (Å²) in [5, 5.41) is 8.59. The lowest BCUT2D eigenvalue weighted by molar-refractivity contribution is 0.390. The van der Waals surface area contributed by atoms with Crippen molar-refractivity contribution in [3.8, 4) is 17.6 Å². The highest BCUT2D eigenvalue weighted by atomic mass is 32.2. The molecule has 0 saturated heterocycles. The van der Waals surface area contributed by atoms with Gasteiger partial charge in [-0.05, 0) is 30.4 Å². The summed E-state index contributed by atoms with van der Waals surface area (Å²) in [6.07, 6.45) is 3.16. The molecule has 0 amide bonds. The number of nitriles is 1.